The van der Waals surface area contributed by atoms with Gasteiger partial charge in [-0.1, -0.05) is 20.3 Å². The van der Waals surface area contributed by atoms with Gasteiger partial charge in [0.05, 0.1) is 5.56 Å². The van der Waals surface area contributed by atoms with Gasteiger partial charge in [-0.25, -0.2) is 0 Å². The van der Waals surface area contributed by atoms with Crippen LogP contribution >= 0.6 is 0 Å². The van der Waals surface area contributed by atoms with Gasteiger partial charge in [-0.2, -0.15) is 0 Å². The number of carbonyl (C=O) groups is 1. The van der Waals surface area contributed by atoms with Gasteiger partial charge in [-0.05, 0) is 30.7 Å². The number of hydrogen-bond acceptors (Lipinski definition) is 3. The van der Waals surface area contributed by atoms with Crippen LogP contribution in [0.1, 0.15) is 49.9 Å². The van der Waals surface area contributed by atoms with E-state index in [4.69, 9.17) is 0 Å². The summed E-state index contributed by atoms with van der Waals surface area (Å²) in [6.07, 6.45) is 7.86. The normalized spacial score (nSPS) is 21.7. The molecule has 1 heterocycles. The molecule has 0 aromatic carbocycles. The van der Waals surface area contributed by atoms with Crippen molar-refractivity contribution in [1.82, 2.24) is 10.3 Å². The lowest BCUT2D eigenvalue weighted by Crippen LogP contribution is -2.40. The zero-order valence-electron chi connectivity index (χ0n) is 12.0. The molecule has 0 aliphatic heterocycles. The van der Waals surface area contributed by atoms with Crippen LogP contribution in [0, 0.1) is 5.41 Å². The predicted octanol–water partition coefficient (Wildman–Crippen LogP) is 2.82. The Bertz CT molecular complexity index is 456. The Labute approximate surface area is 115 Å². The van der Waals surface area contributed by atoms with Crippen LogP contribution in [0.3, 0.4) is 0 Å². The molecule has 0 saturated heterocycles. The van der Waals surface area contributed by atoms with Crippen molar-refractivity contribution in [1.29, 1.82) is 0 Å². The van der Waals surface area contributed by atoms with Gasteiger partial charge >= 0.3 is 0 Å². The van der Waals surface area contributed by atoms with E-state index < -0.39 is 0 Å². The molecule has 4 nitrogen and oxygen atoms in total. The van der Waals surface area contributed by atoms with Gasteiger partial charge in [-0.15, -0.1) is 0 Å². The molecule has 0 radical (unpaired) electrons. The van der Waals surface area contributed by atoms with Crippen molar-refractivity contribution in [2.45, 2.75) is 45.6 Å². The molecule has 1 fully saturated rings. The number of nitrogens with one attached hydrogen (secondary N) is 2. The highest BCUT2D eigenvalue weighted by molar-refractivity contribution is 5.99. The van der Waals surface area contributed by atoms with Crippen LogP contribution in [0.2, 0.25) is 0 Å². The SMILES string of the molecule is CNc1ccncc1C(=O)NC1CCCC(C)(C)C1. The predicted molar refractivity (Wildman–Crippen MR) is 77.3 cm³/mol. The number of pyridine rings is 1. The lowest BCUT2D eigenvalue weighted by molar-refractivity contribution is 0.0903. The average molecular weight is 261 g/mol. The number of carbonyl (C=O) groups excluding carboxylic acids is 1. The Morgan fingerprint density at radius 1 is 1.47 bits per heavy atom. The first-order chi connectivity index (χ1) is 9.02. The van der Waals surface area contributed by atoms with Crippen LogP contribution < -0.4 is 10.6 Å². The van der Waals surface area contributed by atoms with E-state index in [2.05, 4.69) is 29.5 Å². The lowest BCUT2D eigenvalue weighted by atomic mass is 9.75. The van der Waals surface area contributed by atoms with E-state index in [0.29, 0.717) is 11.0 Å². The Morgan fingerprint density at radius 3 is 2.95 bits per heavy atom. The van der Waals surface area contributed by atoms with Gasteiger partial charge in [0, 0.05) is 31.2 Å². The lowest BCUT2D eigenvalue weighted by Gasteiger charge is -2.35. The number of rotatable bonds is 3. The van der Waals surface area contributed by atoms with Crippen LogP contribution in [-0.4, -0.2) is 24.0 Å². The summed E-state index contributed by atoms with van der Waals surface area (Å²) in [6, 6.07) is 2.10. The van der Waals surface area contributed by atoms with Crippen molar-refractivity contribution in [3.8, 4) is 0 Å². The van der Waals surface area contributed by atoms with E-state index in [1.807, 2.05) is 13.1 Å². The summed E-state index contributed by atoms with van der Waals surface area (Å²) in [7, 11) is 1.82. The number of hydrogen-bond donors (Lipinski definition) is 2. The molecule has 1 atom stereocenters. The summed E-state index contributed by atoms with van der Waals surface area (Å²) in [4.78, 5) is 16.3. The van der Waals surface area contributed by atoms with E-state index >= 15 is 0 Å². The van der Waals surface area contributed by atoms with Crippen molar-refractivity contribution in [3.63, 3.8) is 0 Å². The van der Waals surface area contributed by atoms with E-state index in [-0.39, 0.29) is 11.9 Å². The largest absolute Gasteiger partial charge is 0.387 e. The molecule has 104 valence electrons. The van der Waals surface area contributed by atoms with Crippen molar-refractivity contribution in [3.05, 3.63) is 24.0 Å². The summed E-state index contributed by atoms with van der Waals surface area (Å²) in [5.41, 5.74) is 1.77. The fourth-order valence-electron chi connectivity index (χ4n) is 2.88. The van der Waals surface area contributed by atoms with Crippen LogP contribution in [0.5, 0.6) is 0 Å². The Hall–Kier alpha value is -1.58. The maximum Gasteiger partial charge on any atom is 0.255 e. The first-order valence-corrected chi connectivity index (χ1v) is 6.94. The maximum atomic E-state index is 12.3. The number of amides is 1. The van der Waals surface area contributed by atoms with E-state index in [9.17, 15) is 4.79 Å². The third-order valence-corrected chi connectivity index (χ3v) is 3.88. The third-order valence-electron chi connectivity index (χ3n) is 3.88. The molecule has 2 rings (SSSR count). The Kier molecular flexibility index (Phi) is 4.08. The van der Waals surface area contributed by atoms with Crippen molar-refractivity contribution in [2.24, 2.45) is 5.41 Å². The highest BCUT2D eigenvalue weighted by atomic mass is 16.1. The van der Waals surface area contributed by atoms with Crippen LogP contribution in [0.4, 0.5) is 5.69 Å². The molecule has 1 aliphatic rings. The van der Waals surface area contributed by atoms with Crippen molar-refractivity contribution in [2.75, 3.05) is 12.4 Å². The maximum absolute atomic E-state index is 12.3. The summed E-state index contributed by atoms with van der Waals surface area (Å²) in [5, 5.41) is 6.18. The van der Waals surface area contributed by atoms with Gasteiger partial charge < -0.3 is 10.6 Å². The molecule has 1 amide bonds. The van der Waals surface area contributed by atoms with Crippen LogP contribution in [-0.2, 0) is 0 Å². The molecule has 0 bridgehead atoms. The number of aromatic nitrogens is 1. The summed E-state index contributed by atoms with van der Waals surface area (Å²) in [5.74, 6) is -0.0276. The molecule has 4 heteroatoms. The van der Waals surface area contributed by atoms with Crippen molar-refractivity contribution >= 4 is 11.6 Å². The van der Waals surface area contributed by atoms with Gasteiger partial charge in [0.1, 0.15) is 0 Å². The number of nitrogens with zero attached hydrogens (tertiary/aromatic N) is 1. The molecular formula is C15H23N3O. The molecule has 1 aliphatic carbocycles. The molecule has 1 aromatic heterocycles. The standard InChI is InChI=1S/C15H23N3O/c1-15(2)7-4-5-11(9-15)18-14(19)12-10-17-8-6-13(12)16-3/h6,8,10-11H,4-5,7,9H2,1-3H3,(H,16,17)(H,18,19). The highest BCUT2D eigenvalue weighted by Gasteiger charge is 2.29. The molecule has 2 N–H and O–H groups in total. The monoisotopic (exact) mass is 261 g/mol. The van der Waals surface area contributed by atoms with Gasteiger partial charge in [0.25, 0.3) is 5.91 Å². The second kappa shape index (κ2) is 5.59. The van der Waals surface area contributed by atoms with E-state index in [1.54, 1.807) is 12.4 Å². The zero-order chi connectivity index (χ0) is 13.9. The highest BCUT2D eigenvalue weighted by Crippen LogP contribution is 2.35. The van der Waals surface area contributed by atoms with E-state index in [0.717, 1.165) is 18.5 Å². The van der Waals surface area contributed by atoms with Crippen LogP contribution in [0.15, 0.2) is 18.5 Å². The summed E-state index contributed by atoms with van der Waals surface area (Å²) in [6.45, 7) is 4.54. The van der Waals surface area contributed by atoms with E-state index in [1.165, 1.54) is 12.8 Å². The average Bonchev–Trinajstić information content (AvgIpc) is 2.37. The smallest absolute Gasteiger partial charge is 0.255 e. The van der Waals surface area contributed by atoms with Gasteiger partial charge in [-0.3, -0.25) is 9.78 Å². The summed E-state index contributed by atoms with van der Waals surface area (Å²) >= 11 is 0. The fraction of sp³-hybridized carbons (Fsp3) is 0.600. The fourth-order valence-corrected chi connectivity index (χ4v) is 2.88. The van der Waals surface area contributed by atoms with Gasteiger partial charge in [0.15, 0.2) is 0 Å². The minimum atomic E-state index is -0.0276. The van der Waals surface area contributed by atoms with Gasteiger partial charge in [0.2, 0.25) is 0 Å². The second-order valence-electron chi connectivity index (χ2n) is 6.10. The molecule has 1 unspecified atom stereocenters. The minimum Gasteiger partial charge on any atom is -0.387 e. The molecular weight excluding hydrogens is 238 g/mol. The third kappa shape index (κ3) is 3.46. The summed E-state index contributed by atoms with van der Waals surface area (Å²) < 4.78 is 0. The minimum absolute atomic E-state index is 0.0276. The molecule has 19 heavy (non-hydrogen) atoms. The molecule has 1 saturated carbocycles. The first kappa shape index (κ1) is 13.8. The number of anilines is 1. The Morgan fingerprint density at radius 2 is 2.26 bits per heavy atom. The first-order valence-electron chi connectivity index (χ1n) is 6.94. The molecule has 1 aromatic rings. The zero-order valence-corrected chi connectivity index (χ0v) is 12.0. The topological polar surface area (TPSA) is 54.0 Å². The molecule has 0 spiro atoms. The van der Waals surface area contributed by atoms with Crippen molar-refractivity contribution < 1.29 is 4.79 Å². The Balaban J connectivity index is 2.05. The quantitative estimate of drug-likeness (QED) is 0.879. The van der Waals surface area contributed by atoms with Crippen LogP contribution in [0.25, 0.3) is 0 Å². The second-order valence-corrected chi connectivity index (χ2v) is 6.10.